The molecule has 110 valence electrons. The van der Waals surface area contributed by atoms with Gasteiger partial charge in [0.25, 0.3) is 0 Å². The zero-order chi connectivity index (χ0) is 15.6. The summed E-state index contributed by atoms with van der Waals surface area (Å²) in [5.74, 6) is -0.309. The second-order valence-corrected chi connectivity index (χ2v) is 5.28. The highest BCUT2D eigenvalue weighted by atomic mass is 19.1. The molecule has 3 nitrogen and oxygen atoms in total. The summed E-state index contributed by atoms with van der Waals surface area (Å²) in [7, 11) is 0. The van der Waals surface area contributed by atoms with Crippen molar-refractivity contribution in [3.63, 3.8) is 0 Å². The average molecular weight is 295 g/mol. The second-order valence-electron chi connectivity index (χ2n) is 5.28. The Kier molecular flexibility index (Phi) is 3.74. The molecule has 1 aliphatic rings. The number of halogens is 1. The van der Waals surface area contributed by atoms with Crippen molar-refractivity contribution in [3.05, 3.63) is 76.4 Å². The summed E-state index contributed by atoms with van der Waals surface area (Å²) in [5, 5.41) is 0. The number of fused-ring (bicyclic) bond motifs is 1. The van der Waals surface area contributed by atoms with E-state index in [-0.39, 0.29) is 5.82 Å². The Labute approximate surface area is 128 Å². The third-order valence-electron chi connectivity index (χ3n) is 4.05. The molecule has 0 radical (unpaired) electrons. The van der Waals surface area contributed by atoms with E-state index >= 15 is 0 Å². The van der Waals surface area contributed by atoms with E-state index in [1.807, 2.05) is 12.1 Å². The molecule has 0 bridgehead atoms. The smallest absolute Gasteiger partial charge is 0.187 e. The zero-order valence-electron chi connectivity index (χ0n) is 11.9. The lowest BCUT2D eigenvalue weighted by atomic mass is 9.82. The number of aldehydes is 1. The molecule has 3 rings (SSSR count). The van der Waals surface area contributed by atoms with Crippen molar-refractivity contribution in [2.75, 3.05) is 0 Å². The zero-order valence-corrected chi connectivity index (χ0v) is 11.9. The van der Waals surface area contributed by atoms with Gasteiger partial charge in [-0.25, -0.2) is 9.24 Å². The molecule has 1 aliphatic heterocycles. The number of hydrogen-bond acceptors (Lipinski definition) is 2. The van der Waals surface area contributed by atoms with Gasteiger partial charge in [0, 0.05) is 6.42 Å². The van der Waals surface area contributed by atoms with Crippen LogP contribution in [0.15, 0.2) is 42.5 Å². The summed E-state index contributed by atoms with van der Waals surface area (Å²) in [4.78, 5) is 14.3. The molecule has 0 saturated carbocycles. The van der Waals surface area contributed by atoms with Crippen molar-refractivity contribution in [2.24, 2.45) is 0 Å². The van der Waals surface area contributed by atoms with E-state index in [4.69, 9.17) is 11.3 Å². The van der Waals surface area contributed by atoms with Crippen LogP contribution < -0.4 is 0 Å². The van der Waals surface area contributed by atoms with Crippen molar-refractivity contribution in [2.45, 2.75) is 25.0 Å². The van der Waals surface area contributed by atoms with Crippen LogP contribution in [0.3, 0.4) is 0 Å². The predicted molar refractivity (Wildman–Crippen MR) is 80.0 cm³/mol. The van der Waals surface area contributed by atoms with Crippen molar-refractivity contribution < 1.29 is 13.9 Å². The van der Waals surface area contributed by atoms with Crippen LogP contribution in [0.25, 0.3) is 4.85 Å². The van der Waals surface area contributed by atoms with Crippen LogP contribution in [0, 0.1) is 12.4 Å². The molecule has 0 fully saturated rings. The number of nitrogens with zero attached hydrogens (tertiary/aromatic N) is 1. The topological polar surface area (TPSA) is 30.7 Å². The number of benzene rings is 2. The minimum Gasteiger partial charge on any atom is -0.361 e. The molecular formula is C18H14FNO2. The first-order valence-corrected chi connectivity index (χ1v) is 7.04. The van der Waals surface area contributed by atoms with Crippen LogP contribution in [-0.4, -0.2) is 6.29 Å². The molecular weight excluding hydrogens is 281 g/mol. The largest absolute Gasteiger partial charge is 0.361 e. The van der Waals surface area contributed by atoms with E-state index in [0.717, 1.165) is 23.0 Å². The highest BCUT2D eigenvalue weighted by molar-refractivity contribution is 5.56. The van der Waals surface area contributed by atoms with Crippen LogP contribution in [0.4, 0.5) is 10.1 Å². The molecule has 22 heavy (non-hydrogen) atoms. The summed E-state index contributed by atoms with van der Waals surface area (Å²) >= 11 is 0. The standard InChI is InChI=1S/C18H14FNO2/c1-20-16-7-8-17-13(11-16)12-22-18(17,9-2-10-21)14-3-5-15(19)6-4-14/h3-8,10-11H,2,9,12H2/t18-/m0/s1. The minimum atomic E-state index is -0.746. The average Bonchev–Trinajstić information content (AvgIpc) is 2.92. The number of carbonyl (C=O) groups is 1. The fourth-order valence-electron chi connectivity index (χ4n) is 3.01. The summed E-state index contributed by atoms with van der Waals surface area (Å²) in [6.45, 7) is 7.48. The van der Waals surface area contributed by atoms with Gasteiger partial charge < -0.3 is 9.53 Å². The van der Waals surface area contributed by atoms with Gasteiger partial charge in [0.05, 0.1) is 13.2 Å². The van der Waals surface area contributed by atoms with Crippen LogP contribution >= 0.6 is 0 Å². The maximum atomic E-state index is 13.2. The van der Waals surface area contributed by atoms with E-state index in [1.165, 1.54) is 12.1 Å². The van der Waals surface area contributed by atoms with Crippen molar-refractivity contribution in [1.29, 1.82) is 0 Å². The number of rotatable bonds is 4. The number of ether oxygens (including phenoxy) is 1. The van der Waals surface area contributed by atoms with Crippen LogP contribution in [0.2, 0.25) is 0 Å². The van der Waals surface area contributed by atoms with Crippen molar-refractivity contribution >= 4 is 12.0 Å². The Morgan fingerprint density at radius 1 is 1.27 bits per heavy atom. The lowest BCUT2D eigenvalue weighted by molar-refractivity contribution is -0.109. The Hall–Kier alpha value is -2.51. The van der Waals surface area contributed by atoms with Gasteiger partial charge in [-0.3, -0.25) is 0 Å². The fourth-order valence-corrected chi connectivity index (χ4v) is 3.01. The molecule has 2 aromatic rings. The second kappa shape index (κ2) is 5.70. The van der Waals surface area contributed by atoms with E-state index in [1.54, 1.807) is 18.2 Å². The van der Waals surface area contributed by atoms with Gasteiger partial charge in [-0.05, 0) is 35.2 Å². The van der Waals surface area contributed by atoms with E-state index < -0.39 is 5.60 Å². The van der Waals surface area contributed by atoms with Gasteiger partial charge in [0.15, 0.2) is 5.69 Å². The first-order chi connectivity index (χ1) is 10.7. The lowest BCUT2D eigenvalue weighted by Gasteiger charge is -2.30. The Balaban J connectivity index is 2.12. The van der Waals surface area contributed by atoms with Crippen LogP contribution in [0.1, 0.15) is 29.5 Å². The van der Waals surface area contributed by atoms with Crippen molar-refractivity contribution in [3.8, 4) is 0 Å². The molecule has 0 spiro atoms. The molecule has 0 unspecified atom stereocenters. The Morgan fingerprint density at radius 2 is 2.05 bits per heavy atom. The molecule has 0 aromatic heterocycles. The molecule has 4 heteroatoms. The van der Waals surface area contributed by atoms with E-state index in [2.05, 4.69) is 4.85 Å². The minimum absolute atomic E-state index is 0.309. The van der Waals surface area contributed by atoms with Gasteiger partial charge in [0.2, 0.25) is 0 Å². The molecule has 0 aliphatic carbocycles. The molecule has 0 amide bonds. The first-order valence-electron chi connectivity index (χ1n) is 7.04. The maximum absolute atomic E-state index is 13.2. The third-order valence-corrected chi connectivity index (χ3v) is 4.05. The number of carbonyl (C=O) groups excluding carboxylic acids is 1. The van der Waals surface area contributed by atoms with Gasteiger partial charge >= 0.3 is 0 Å². The lowest BCUT2D eigenvalue weighted by Crippen LogP contribution is -2.27. The maximum Gasteiger partial charge on any atom is 0.187 e. The summed E-state index contributed by atoms with van der Waals surface area (Å²) in [5.41, 5.74) is 2.54. The molecule has 0 N–H and O–H groups in total. The predicted octanol–water partition coefficient (Wildman–Crippen LogP) is 4.13. The first kappa shape index (κ1) is 14.4. The molecule has 0 saturated heterocycles. The molecule has 1 heterocycles. The van der Waals surface area contributed by atoms with E-state index in [9.17, 15) is 9.18 Å². The van der Waals surface area contributed by atoms with Gasteiger partial charge in [0.1, 0.15) is 17.7 Å². The fraction of sp³-hybridized carbons (Fsp3) is 0.222. The molecule has 2 aromatic carbocycles. The van der Waals surface area contributed by atoms with Gasteiger partial charge in [-0.15, -0.1) is 0 Å². The monoisotopic (exact) mass is 295 g/mol. The third kappa shape index (κ3) is 2.30. The molecule has 1 atom stereocenters. The summed E-state index contributed by atoms with van der Waals surface area (Å²) in [6.07, 6.45) is 1.70. The SMILES string of the molecule is [C-]#[N+]c1ccc2c(c1)CO[C@@]2(CCC=O)c1ccc(F)cc1. The highest BCUT2D eigenvalue weighted by Gasteiger charge is 2.41. The quantitative estimate of drug-likeness (QED) is 0.627. The number of hydrogen-bond donors (Lipinski definition) is 0. The highest BCUT2D eigenvalue weighted by Crippen LogP contribution is 2.46. The van der Waals surface area contributed by atoms with Crippen LogP contribution in [0.5, 0.6) is 0 Å². The van der Waals surface area contributed by atoms with Crippen LogP contribution in [-0.2, 0) is 21.7 Å². The normalized spacial score (nSPS) is 19.5. The Bertz CT molecular complexity index is 749. The Morgan fingerprint density at radius 3 is 2.73 bits per heavy atom. The van der Waals surface area contributed by atoms with Gasteiger partial charge in [-0.2, -0.15) is 0 Å². The summed E-state index contributed by atoms with van der Waals surface area (Å²) in [6, 6.07) is 11.6. The van der Waals surface area contributed by atoms with Crippen molar-refractivity contribution in [1.82, 2.24) is 0 Å². The van der Waals surface area contributed by atoms with Gasteiger partial charge in [-0.1, -0.05) is 30.3 Å². The summed E-state index contributed by atoms with van der Waals surface area (Å²) < 4.78 is 19.3. The van der Waals surface area contributed by atoms with E-state index in [0.29, 0.717) is 25.1 Å².